The zero-order valence-electron chi connectivity index (χ0n) is 12.7. The van der Waals surface area contributed by atoms with Crippen molar-refractivity contribution in [3.05, 3.63) is 65.4 Å². The van der Waals surface area contributed by atoms with Crippen molar-refractivity contribution in [2.24, 2.45) is 10.7 Å². The van der Waals surface area contributed by atoms with Gasteiger partial charge in [0.15, 0.2) is 0 Å². The Labute approximate surface area is 136 Å². The van der Waals surface area contributed by atoms with Gasteiger partial charge in [-0.1, -0.05) is 12.1 Å². The molecule has 8 heteroatoms. The summed E-state index contributed by atoms with van der Waals surface area (Å²) in [5.41, 5.74) is 10.2. The van der Waals surface area contributed by atoms with E-state index in [1.165, 1.54) is 29.4 Å². The van der Waals surface area contributed by atoms with E-state index in [1.807, 2.05) is 0 Å². The van der Waals surface area contributed by atoms with Crippen LogP contribution in [0.1, 0.15) is 23.4 Å². The monoisotopic (exact) mass is 333 g/mol. The molecule has 24 heavy (non-hydrogen) atoms. The van der Waals surface area contributed by atoms with Crippen LogP contribution in [0.15, 0.2) is 47.6 Å². The SMILES string of the molecule is Cc1cc(N2NC=C(c3cccc(F)c3)N=C2N)cc(C(F)F)n1. The summed E-state index contributed by atoms with van der Waals surface area (Å²) in [7, 11) is 0. The second-order valence-corrected chi connectivity index (χ2v) is 5.17. The standard InChI is InChI=1S/C16H14F3N5/c1-9-5-12(7-13(22-9)15(18)19)24-16(20)23-14(8-21-24)10-3-2-4-11(17)6-10/h2-8,15,21H,1H3,(H2,20,23). The van der Waals surface area contributed by atoms with Crippen molar-refractivity contribution in [2.45, 2.75) is 13.3 Å². The van der Waals surface area contributed by atoms with E-state index in [1.54, 1.807) is 25.1 Å². The first-order chi connectivity index (χ1) is 11.4. The lowest BCUT2D eigenvalue weighted by Crippen LogP contribution is -2.47. The fourth-order valence-corrected chi connectivity index (χ4v) is 2.32. The minimum Gasteiger partial charge on any atom is -0.368 e. The number of rotatable bonds is 3. The molecule has 0 bridgehead atoms. The molecule has 124 valence electrons. The number of nitrogens with one attached hydrogen (secondary N) is 1. The van der Waals surface area contributed by atoms with Gasteiger partial charge in [-0.3, -0.25) is 10.4 Å². The summed E-state index contributed by atoms with van der Waals surface area (Å²) < 4.78 is 39.1. The van der Waals surface area contributed by atoms with Crippen LogP contribution >= 0.6 is 0 Å². The van der Waals surface area contributed by atoms with Gasteiger partial charge in [-0.2, -0.15) is 0 Å². The Morgan fingerprint density at radius 2 is 2.00 bits per heavy atom. The first kappa shape index (κ1) is 15.9. The van der Waals surface area contributed by atoms with Gasteiger partial charge in [0, 0.05) is 17.5 Å². The van der Waals surface area contributed by atoms with E-state index < -0.39 is 12.2 Å². The third-order valence-corrected chi connectivity index (χ3v) is 3.35. The number of hydrogen-bond donors (Lipinski definition) is 2. The predicted molar refractivity (Wildman–Crippen MR) is 85.5 cm³/mol. The molecule has 0 radical (unpaired) electrons. The lowest BCUT2D eigenvalue weighted by atomic mass is 10.1. The van der Waals surface area contributed by atoms with Crippen LogP contribution in [0.25, 0.3) is 5.70 Å². The Morgan fingerprint density at radius 3 is 2.67 bits per heavy atom. The molecule has 0 atom stereocenters. The van der Waals surface area contributed by atoms with Gasteiger partial charge in [0.25, 0.3) is 6.43 Å². The Bertz CT molecular complexity index is 832. The molecule has 2 aromatic rings. The van der Waals surface area contributed by atoms with E-state index in [2.05, 4.69) is 15.4 Å². The zero-order valence-corrected chi connectivity index (χ0v) is 12.7. The minimum atomic E-state index is -2.69. The Hall–Kier alpha value is -3.03. The topological polar surface area (TPSA) is 66.5 Å². The number of pyridine rings is 1. The summed E-state index contributed by atoms with van der Waals surface area (Å²) in [6.45, 7) is 1.61. The molecule has 0 spiro atoms. The number of hydrogen-bond acceptors (Lipinski definition) is 5. The van der Waals surface area contributed by atoms with Crippen LogP contribution in [0.5, 0.6) is 0 Å². The summed E-state index contributed by atoms with van der Waals surface area (Å²) in [6.07, 6.45) is -1.17. The molecule has 1 aromatic heterocycles. The average Bonchev–Trinajstić information content (AvgIpc) is 2.54. The first-order valence-electron chi connectivity index (χ1n) is 7.07. The lowest BCUT2D eigenvalue weighted by Gasteiger charge is -2.27. The Balaban J connectivity index is 1.91. The lowest BCUT2D eigenvalue weighted by molar-refractivity contribution is 0.146. The highest BCUT2D eigenvalue weighted by atomic mass is 19.3. The van der Waals surface area contributed by atoms with Crippen molar-refractivity contribution in [1.82, 2.24) is 10.4 Å². The largest absolute Gasteiger partial charge is 0.368 e. The van der Waals surface area contributed by atoms with E-state index >= 15 is 0 Å². The molecule has 0 aliphatic carbocycles. The molecule has 1 aliphatic heterocycles. The number of alkyl halides is 2. The minimum absolute atomic E-state index is 0.0441. The smallest absolute Gasteiger partial charge is 0.280 e. The molecular weight excluding hydrogens is 319 g/mol. The van der Waals surface area contributed by atoms with Gasteiger partial charge in [0.1, 0.15) is 11.5 Å². The van der Waals surface area contributed by atoms with E-state index in [4.69, 9.17) is 5.73 Å². The normalized spacial score (nSPS) is 14.3. The fourth-order valence-electron chi connectivity index (χ4n) is 2.32. The molecule has 0 saturated carbocycles. The Morgan fingerprint density at radius 1 is 1.21 bits per heavy atom. The van der Waals surface area contributed by atoms with Gasteiger partial charge in [-0.15, -0.1) is 0 Å². The van der Waals surface area contributed by atoms with Crippen molar-refractivity contribution < 1.29 is 13.2 Å². The number of anilines is 1. The quantitative estimate of drug-likeness (QED) is 0.906. The van der Waals surface area contributed by atoms with Crippen LogP contribution in [0.3, 0.4) is 0 Å². The highest BCUT2D eigenvalue weighted by molar-refractivity contribution is 5.99. The maximum Gasteiger partial charge on any atom is 0.280 e. The molecule has 0 amide bonds. The molecule has 5 nitrogen and oxygen atoms in total. The second kappa shape index (κ2) is 6.23. The number of hydrazine groups is 1. The molecule has 0 unspecified atom stereocenters. The van der Waals surface area contributed by atoms with Crippen molar-refractivity contribution >= 4 is 17.3 Å². The number of nitrogens with two attached hydrogens (primary N) is 1. The van der Waals surface area contributed by atoms with E-state index in [9.17, 15) is 13.2 Å². The van der Waals surface area contributed by atoms with Crippen molar-refractivity contribution in [3.8, 4) is 0 Å². The fraction of sp³-hybridized carbons (Fsp3) is 0.125. The first-order valence-corrected chi connectivity index (χ1v) is 7.07. The molecule has 3 rings (SSSR count). The number of nitrogens with zero attached hydrogens (tertiary/aromatic N) is 3. The summed E-state index contributed by atoms with van der Waals surface area (Å²) in [4.78, 5) is 7.98. The van der Waals surface area contributed by atoms with Gasteiger partial charge in [0.2, 0.25) is 5.96 Å². The van der Waals surface area contributed by atoms with Crippen molar-refractivity contribution in [2.75, 3.05) is 5.01 Å². The third-order valence-electron chi connectivity index (χ3n) is 3.35. The number of aliphatic imine (C=N–C) groups is 1. The van der Waals surface area contributed by atoms with E-state index in [0.717, 1.165) is 0 Å². The number of halogens is 3. The molecule has 1 aromatic carbocycles. The van der Waals surface area contributed by atoms with Gasteiger partial charge in [-0.25, -0.2) is 23.2 Å². The molecule has 0 fully saturated rings. The van der Waals surface area contributed by atoms with Gasteiger partial charge >= 0.3 is 0 Å². The van der Waals surface area contributed by atoms with Crippen LogP contribution in [-0.2, 0) is 0 Å². The number of aryl methyl sites for hydroxylation is 1. The molecule has 3 N–H and O–H groups in total. The molecule has 1 aliphatic rings. The maximum absolute atomic E-state index is 13.3. The van der Waals surface area contributed by atoms with Crippen LogP contribution in [0, 0.1) is 12.7 Å². The number of aromatic nitrogens is 1. The molecule has 2 heterocycles. The van der Waals surface area contributed by atoms with Crippen LogP contribution in [0.2, 0.25) is 0 Å². The average molecular weight is 333 g/mol. The maximum atomic E-state index is 13.3. The second-order valence-electron chi connectivity index (χ2n) is 5.17. The predicted octanol–water partition coefficient (Wildman–Crippen LogP) is 3.10. The Kier molecular flexibility index (Phi) is 4.11. The van der Waals surface area contributed by atoms with Gasteiger partial charge in [0.05, 0.1) is 11.4 Å². The van der Waals surface area contributed by atoms with Crippen LogP contribution in [-0.4, -0.2) is 10.9 Å². The van der Waals surface area contributed by atoms with Crippen molar-refractivity contribution in [1.29, 1.82) is 0 Å². The number of benzene rings is 1. The van der Waals surface area contributed by atoms with Crippen LogP contribution < -0.4 is 16.2 Å². The van der Waals surface area contributed by atoms with Crippen LogP contribution in [0.4, 0.5) is 18.9 Å². The third kappa shape index (κ3) is 3.17. The summed E-state index contributed by atoms with van der Waals surface area (Å²) >= 11 is 0. The number of guanidine groups is 1. The summed E-state index contributed by atoms with van der Waals surface area (Å²) in [5, 5.41) is 1.35. The molecular formula is C16H14F3N5. The van der Waals surface area contributed by atoms with Crippen molar-refractivity contribution in [3.63, 3.8) is 0 Å². The highest BCUT2D eigenvalue weighted by Gasteiger charge is 2.19. The van der Waals surface area contributed by atoms with E-state index in [-0.39, 0.29) is 11.7 Å². The van der Waals surface area contributed by atoms with Gasteiger partial charge in [-0.05, 0) is 31.2 Å². The van der Waals surface area contributed by atoms with Gasteiger partial charge < -0.3 is 5.73 Å². The molecule has 0 saturated heterocycles. The highest BCUT2D eigenvalue weighted by Crippen LogP contribution is 2.25. The van der Waals surface area contributed by atoms with E-state index in [0.29, 0.717) is 22.6 Å². The summed E-state index contributed by atoms with van der Waals surface area (Å²) in [6, 6.07) is 8.73. The zero-order chi connectivity index (χ0) is 17.3. The summed E-state index contributed by atoms with van der Waals surface area (Å²) in [5.74, 6) is -0.349.